The van der Waals surface area contributed by atoms with Gasteiger partial charge < -0.3 is 10.4 Å². The summed E-state index contributed by atoms with van der Waals surface area (Å²) < 4.78 is 0. The van der Waals surface area contributed by atoms with E-state index in [1.165, 1.54) is 0 Å². The van der Waals surface area contributed by atoms with Crippen LogP contribution in [0.2, 0.25) is 0 Å². The summed E-state index contributed by atoms with van der Waals surface area (Å²) in [6.07, 6.45) is 6.04. The second-order valence-electron chi connectivity index (χ2n) is 3.70. The first-order chi connectivity index (χ1) is 5.94. The van der Waals surface area contributed by atoms with Gasteiger partial charge in [-0.25, -0.2) is 0 Å². The van der Waals surface area contributed by atoms with Crippen molar-refractivity contribution in [1.82, 2.24) is 5.32 Å². The van der Waals surface area contributed by atoms with Gasteiger partial charge in [0.15, 0.2) is 0 Å². The molecule has 1 atom stereocenters. The van der Waals surface area contributed by atoms with Gasteiger partial charge in [0.1, 0.15) is 0 Å². The Labute approximate surface area is 79.5 Å². The minimum atomic E-state index is -0.813. The van der Waals surface area contributed by atoms with Gasteiger partial charge in [-0.15, -0.1) is 6.42 Å². The van der Waals surface area contributed by atoms with Crippen molar-refractivity contribution in [3.8, 4) is 12.3 Å². The third-order valence-corrected chi connectivity index (χ3v) is 1.98. The first-order valence-electron chi connectivity index (χ1n) is 4.37. The molecule has 0 aliphatic heterocycles. The second kappa shape index (κ2) is 4.88. The normalized spacial score (nSPS) is 13.4. The predicted octanol–water partition coefficient (Wildman–Crippen LogP) is 1.10. The molecule has 0 amide bonds. The Hall–Kier alpha value is -1.01. The number of hydrogen-bond acceptors (Lipinski definition) is 2. The fraction of sp³-hybridized carbons (Fsp3) is 0.700. The molecule has 0 spiro atoms. The highest BCUT2D eigenvalue weighted by Gasteiger charge is 2.27. The van der Waals surface area contributed by atoms with Gasteiger partial charge in [0.2, 0.25) is 0 Å². The van der Waals surface area contributed by atoms with E-state index >= 15 is 0 Å². The Bertz CT molecular complexity index is 215. The Morgan fingerprint density at radius 2 is 2.23 bits per heavy atom. The SMILES string of the molecule is C#CC(CC)NCC(C)(C)C(=O)O. The van der Waals surface area contributed by atoms with Crippen molar-refractivity contribution >= 4 is 5.97 Å². The molecule has 0 saturated heterocycles. The smallest absolute Gasteiger partial charge is 0.310 e. The average molecular weight is 183 g/mol. The van der Waals surface area contributed by atoms with Crippen LogP contribution in [-0.2, 0) is 4.79 Å². The summed E-state index contributed by atoms with van der Waals surface area (Å²) in [5, 5.41) is 11.8. The molecule has 0 aromatic rings. The fourth-order valence-corrected chi connectivity index (χ4v) is 0.775. The summed E-state index contributed by atoms with van der Waals surface area (Å²) >= 11 is 0. The third-order valence-electron chi connectivity index (χ3n) is 1.98. The summed E-state index contributed by atoms with van der Waals surface area (Å²) in [5.41, 5.74) is -0.760. The molecule has 0 aliphatic rings. The first-order valence-corrected chi connectivity index (χ1v) is 4.37. The van der Waals surface area contributed by atoms with Crippen molar-refractivity contribution in [3.63, 3.8) is 0 Å². The maximum absolute atomic E-state index is 10.7. The lowest BCUT2D eigenvalue weighted by atomic mass is 9.93. The first kappa shape index (κ1) is 12.0. The van der Waals surface area contributed by atoms with Crippen LogP contribution in [0.4, 0.5) is 0 Å². The van der Waals surface area contributed by atoms with Crippen molar-refractivity contribution in [3.05, 3.63) is 0 Å². The minimum Gasteiger partial charge on any atom is -0.481 e. The van der Waals surface area contributed by atoms with Crippen LogP contribution in [0.5, 0.6) is 0 Å². The number of carboxylic acid groups (broad SMARTS) is 1. The van der Waals surface area contributed by atoms with Gasteiger partial charge in [0, 0.05) is 6.54 Å². The van der Waals surface area contributed by atoms with E-state index in [9.17, 15) is 4.79 Å². The van der Waals surface area contributed by atoms with Gasteiger partial charge >= 0.3 is 5.97 Å². The quantitative estimate of drug-likeness (QED) is 0.627. The minimum absolute atomic E-state index is 0.0291. The molecule has 0 aromatic heterocycles. The molecule has 0 radical (unpaired) electrons. The average Bonchev–Trinajstić information content (AvgIpc) is 2.06. The lowest BCUT2D eigenvalue weighted by Gasteiger charge is -2.21. The summed E-state index contributed by atoms with van der Waals surface area (Å²) in [7, 11) is 0. The molecule has 0 fully saturated rings. The van der Waals surface area contributed by atoms with Gasteiger partial charge in [-0.1, -0.05) is 12.8 Å². The molecule has 3 heteroatoms. The highest BCUT2D eigenvalue weighted by Crippen LogP contribution is 2.13. The second-order valence-corrected chi connectivity index (χ2v) is 3.70. The Morgan fingerprint density at radius 3 is 2.54 bits per heavy atom. The van der Waals surface area contributed by atoms with Gasteiger partial charge in [0.25, 0.3) is 0 Å². The Morgan fingerprint density at radius 1 is 1.69 bits per heavy atom. The van der Waals surface area contributed by atoms with E-state index in [1.54, 1.807) is 13.8 Å². The van der Waals surface area contributed by atoms with Crippen molar-refractivity contribution in [2.24, 2.45) is 5.41 Å². The number of carbonyl (C=O) groups is 1. The zero-order valence-corrected chi connectivity index (χ0v) is 8.42. The fourth-order valence-electron chi connectivity index (χ4n) is 0.775. The van der Waals surface area contributed by atoms with E-state index in [0.29, 0.717) is 6.54 Å². The van der Waals surface area contributed by atoms with Crippen LogP contribution in [0, 0.1) is 17.8 Å². The largest absolute Gasteiger partial charge is 0.481 e. The van der Waals surface area contributed by atoms with Crippen LogP contribution < -0.4 is 5.32 Å². The summed E-state index contributed by atoms with van der Waals surface area (Å²) in [6.45, 7) is 5.70. The van der Waals surface area contributed by atoms with E-state index in [4.69, 9.17) is 11.5 Å². The van der Waals surface area contributed by atoms with Crippen LogP contribution in [0.3, 0.4) is 0 Å². The number of carboxylic acids is 1. The van der Waals surface area contributed by atoms with Gasteiger partial charge in [-0.05, 0) is 20.3 Å². The maximum atomic E-state index is 10.7. The zero-order chi connectivity index (χ0) is 10.5. The van der Waals surface area contributed by atoms with Crippen LogP contribution >= 0.6 is 0 Å². The third kappa shape index (κ3) is 3.95. The van der Waals surface area contributed by atoms with Crippen LogP contribution in [0.15, 0.2) is 0 Å². The van der Waals surface area contributed by atoms with Gasteiger partial charge in [0.05, 0.1) is 11.5 Å². The Kier molecular flexibility index (Phi) is 4.50. The molecule has 0 rings (SSSR count). The van der Waals surface area contributed by atoms with E-state index in [2.05, 4.69) is 11.2 Å². The van der Waals surface area contributed by atoms with Crippen molar-refractivity contribution in [2.75, 3.05) is 6.54 Å². The highest BCUT2D eigenvalue weighted by molar-refractivity contribution is 5.73. The van der Waals surface area contributed by atoms with E-state index in [1.807, 2.05) is 6.92 Å². The molecule has 1 unspecified atom stereocenters. The lowest BCUT2D eigenvalue weighted by molar-refractivity contribution is -0.146. The van der Waals surface area contributed by atoms with E-state index < -0.39 is 11.4 Å². The zero-order valence-electron chi connectivity index (χ0n) is 8.42. The van der Waals surface area contributed by atoms with E-state index in [-0.39, 0.29) is 6.04 Å². The van der Waals surface area contributed by atoms with Crippen molar-refractivity contribution < 1.29 is 9.90 Å². The maximum Gasteiger partial charge on any atom is 0.310 e. The van der Waals surface area contributed by atoms with Crippen molar-refractivity contribution in [2.45, 2.75) is 33.2 Å². The predicted molar refractivity (Wildman–Crippen MR) is 52.3 cm³/mol. The van der Waals surface area contributed by atoms with Crippen LogP contribution in [0.25, 0.3) is 0 Å². The number of hydrogen-bond donors (Lipinski definition) is 2. The molecule has 0 aromatic carbocycles. The number of terminal acetylenes is 1. The summed E-state index contributed by atoms with van der Waals surface area (Å²) in [4.78, 5) is 10.7. The molecule has 0 aliphatic carbocycles. The van der Waals surface area contributed by atoms with Crippen LogP contribution in [0.1, 0.15) is 27.2 Å². The topological polar surface area (TPSA) is 49.3 Å². The summed E-state index contributed by atoms with van der Waals surface area (Å²) in [6, 6.07) is -0.0291. The lowest BCUT2D eigenvalue weighted by Crippen LogP contribution is -2.40. The standard InChI is InChI=1S/C10H17NO2/c1-5-8(6-2)11-7-10(3,4)9(12)13/h1,8,11H,6-7H2,2-4H3,(H,12,13). The van der Waals surface area contributed by atoms with Crippen LogP contribution in [-0.4, -0.2) is 23.7 Å². The molecule has 0 heterocycles. The number of rotatable bonds is 5. The molecular formula is C10H17NO2. The van der Waals surface area contributed by atoms with Gasteiger partial charge in [-0.3, -0.25) is 4.79 Å². The molecule has 3 nitrogen and oxygen atoms in total. The van der Waals surface area contributed by atoms with E-state index in [0.717, 1.165) is 6.42 Å². The number of aliphatic carboxylic acids is 1. The molecule has 0 bridgehead atoms. The monoisotopic (exact) mass is 183 g/mol. The summed E-state index contributed by atoms with van der Waals surface area (Å²) in [5.74, 6) is 1.75. The molecule has 0 saturated carbocycles. The van der Waals surface area contributed by atoms with Gasteiger partial charge in [-0.2, -0.15) is 0 Å². The van der Waals surface area contributed by atoms with Crippen molar-refractivity contribution in [1.29, 1.82) is 0 Å². The molecular weight excluding hydrogens is 166 g/mol. The highest BCUT2D eigenvalue weighted by atomic mass is 16.4. The Balaban J connectivity index is 4.02. The molecule has 74 valence electrons. The molecule has 13 heavy (non-hydrogen) atoms. The molecule has 2 N–H and O–H groups in total. The number of nitrogens with one attached hydrogen (secondary N) is 1.